The molecular formula is C22H29F3N4O3. The molecule has 3 amide bonds. The van der Waals surface area contributed by atoms with Crippen LogP contribution in [0.25, 0.3) is 0 Å². The summed E-state index contributed by atoms with van der Waals surface area (Å²) < 4.78 is 38.8. The number of likely N-dealkylation sites (tertiary alicyclic amines) is 1. The molecule has 1 aromatic rings. The number of nitrogens with zero attached hydrogens (tertiary/aromatic N) is 3. The lowest BCUT2D eigenvalue weighted by molar-refractivity contribution is -0.137. The summed E-state index contributed by atoms with van der Waals surface area (Å²) >= 11 is 0. The Kier molecular flexibility index (Phi) is 7.76. The van der Waals surface area contributed by atoms with Gasteiger partial charge in [0.1, 0.15) is 0 Å². The van der Waals surface area contributed by atoms with Gasteiger partial charge in [-0.05, 0) is 31.0 Å². The normalized spacial score (nSPS) is 20.4. The highest BCUT2D eigenvalue weighted by atomic mass is 19.4. The summed E-state index contributed by atoms with van der Waals surface area (Å²) in [4.78, 5) is 42.5. The average Bonchev–Trinajstić information content (AvgIpc) is 2.94. The van der Waals surface area contributed by atoms with E-state index in [1.165, 1.54) is 11.0 Å². The van der Waals surface area contributed by atoms with Crippen LogP contribution in [0.1, 0.15) is 30.9 Å². The molecule has 1 aromatic carbocycles. The molecule has 0 saturated carbocycles. The second-order valence-corrected chi connectivity index (χ2v) is 8.28. The lowest BCUT2D eigenvalue weighted by Crippen LogP contribution is -2.41. The first kappa shape index (κ1) is 24.0. The van der Waals surface area contributed by atoms with E-state index in [1.54, 1.807) is 11.0 Å². The third-order valence-electron chi connectivity index (χ3n) is 5.83. The topological polar surface area (TPSA) is 73.0 Å². The van der Waals surface area contributed by atoms with Gasteiger partial charge in [-0.2, -0.15) is 13.2 Å². The number of benzene rings is 1. The lowest BCUT2D eigenvalue weighted by atomic mass is 10.1. The zero-order chi connectivity index (χ0) is 23.3. The van der Waals surface area contributed by atoms with Crippen molar-refractivity contribution >= 4 is 17.7 Å². The summed E-state index contributed by atoms with van der Waals surface area (Å²) in [5.41, 5.74) is -0.368. The van der Waals surface area contributed by atoms with Crippen LogP contribution in [0.2, 0.25) is 0 Å². The minimum atomic E-state index is -4.44. The standard InChI is InChI=1S/C22H29F3N4O3/c1-2-26-19(30)15-27-7-4-8-28(10-9-27)21(32)17-12-20(31)29(14-17)13-16-5-3-6-18(11-16)22(23,24)25/h3,5-6,11,17H,2,4,7-10,12-15H2,1H3,(H,26,30). The lowest BCUT2D eigenvalue weighted by Gasteiger charge is -2.24. The van der Waals surface area contributed by atoms with E-state index in [0.29, 0.717) is 44.8 Å². The summed E-state index contributed by atoms with van der Waals surface area (Å²) in [7, 11) is 0. The van der Waals surface area contributed by atoms with Crippen molar-refractivity contribution < 1.29 is 27.6 Å². The Hall–Kier alpha value is -2.62. The van der Waals surface area contributed by atoms with Crippen LogP contribution in [0.5, 0.6) is 0 Å². The first-order chi connectivity index (χ1) is 15.2. The average molecular weight is 454 g/mol. The maximum Gasteiger partial charge on any atom is 0.416 e. The number of rotatable bonds is 6. The molecule has 32 heavy (non-hydrogen) atoms. The quantitative estimate of drug-likeness (QED) is 0.711. The van der Waals surface area contributed by atoms with Gasteiger partial charge in [-0.1, -0.05) is 12.1 Å². The maximum absolute atomic E-state index is 13.0. The molecule has 2 saturated heterocycles. The predicted octanol–water partition coefficient (Wildman–Crippen LogP) is 1.72. The van der Waals surface area contributed by atoms with Crippen LogP contribution in [0.4, 0.5) is 13.2 Å². The van der Waals surface area contributed by atoms with Gasteiger partial charge < -0.3 is 15.1 Å². The van der Waals surface area contributed by atoms with Gasteiger partial charge in [0.25, 0.3) is 0 Å². The van der Waals surface area contributed by atoms with Crippen molar-refractivity contribution in [3.63, 3.8) is 0 Å². The third kappa shape index (κ3) is 6.21. The molecule has 7 nitrogen and oxygen atoms in total. The Bertz CT molecular complexity index is 846. The van der Waals surface area contributed by atoms with Crippen LogP contribution in [-0.2, 0) is 27.1 Å². The molecule has 1 unspecified atom stereocenters. The first-order valence-electron chi connectivity index (χ1n) is 10.9. The van der Waals surface area contributed by atoms with E-state index in [9.17, 15) is 27.6 Å². The Labute approximate surface area is 185 Å². The van der Waals surface area contributed by atoms with Gasteiger partial charge in [0.05, 0.1) is 18.0 Å². The monoisotopic (exact) mass is 454 g/mol. The van der Waals surface area contributed by atoms with Gasteiger partial charge in [0, 0.05) is 52.2 Å². The van der Waals surface area contributed by atoms with Crippen LogP contribution >= 0.6 is 0 Å². The highest BCUT2D eigenvalue weighted by Gasteiger charge is 2.37. The smallest absolute Gasteiger partial charge is 0.355 e. The summed E-state index contributed by atoms with van der Waals surface area (Å²) in [6.07, 6.45) is -3.64. The summed E-state index contributed by atoms with van der Waals surface area (Å²) in [6, 6.07) is 4.91. The molecular weight excluding hydrogens is 425 g/mol. The van der Waals surface area contributed by atoms with Crippen molar-refractivity contribution in [2.24, 2.45) is 5.92 Å². The zero-order valence-electron chi connectivity index (χ0n) is 18.2. The first-order valence-corrected chi connectivity index (χ1v) is 10.9. The number of alkyl halides is 3. The van der Waals surface area contributed by atoms with Crippen molar-refractivity contribution in [1.82, 2.24) is 20.0 Å². The number of likely N-dealkylation sites (N-methyl/N-ethyl adjacent to an activating group) is 1. The fraction of sp³-hybridized carbons (Fsp3) is 0.591. The summed E-state index contributed by atoms with van der Waals surface area (Å²) in [6.45, 7) is 5.32. The summed E-state index contributed by atoms with van der Waals surface area (Å²) in [5.74, 6) is -0.875. The second-order valence-electron chi connectivity index (χ2n) is 8.28. The van der Waals surface area contributed by atoms with Crippen molar-refractivity contribution in [3.05, 3.63) is 35.4 Å². The van der Waals surface area contributed by atoms with E-state index in [-0.39, 0.29) is 37.2 Å². The fourth-order valence-corrected chi connectivity index (χ4v) is 4.22. The SMILES string of the molecule is CCNC(=O)CN1CCCN(C(=O)C2CC(=O)N(Cc3cccc(C(F)(F)F)c3)C2)CC1. The van der Waals surface area contributed by atoms with Crippen LogP contribution in [-0.4, -0.2) is 78.2 Å². The highest BCUT2D eigenvalue weighted by Crippen LogP contribution is 2.30. The van der Waals surface area contributed by atoms with Gasteiger partial charge in [-0.15, -0.1) is 0 Å². The molecule has 0 aromatic heterocycles. The van der Waals surface area contributed by atoms with E-state index in [0.717, 1.165) is 18.6 Å². The minimum Gasteiger partial charge on any atom is -0.355 e. The number of carbonyl (C=O) groups is 3. The van der Waals surface area contributed by atoms with Crippen molar-refractivity contribution in [3.8, 4) is 0 Å². The highest BCUT2D eigenvalue weighted by molar-refractivity contribution is 5.89. The van der Waals surface area contributed by atoms with Gasteiger partial charge in [0.2, 0.25) is 17.7 Å². The van der Waals surface area contributed by atoms with E-state index >= 15 is 0 Å². The summed E-state index contributed by atoms with van der Waals surface area (Å²) in [5, 5.41) is 2.77. The molecule has 1 N–H and O–H groups in total. The van der Waals surface area contributed by atoms with Crippen molar-refractivity contribution in [1.29, 1.82) is 0 Å². The number of amides is 3. The molecule has 176 valence electrons. The van der Waals surface area contributed by atoms with Crippen LogP contribution in [0.3, 0.4) is 0 Å². The molecule has 3 rings (SSSR count). The number of hydrogen-bond donors (Lipinski definition) is 1. The Morgan fingerprint density at radius 3 is 2.66 bits per heavy atom. The van der Waals surface area contributed by atoms with Crippen LogP contribution in [0.15, 0.2) is 24.3 Å². The molecule has 2 aliphatic heterocycles. The van der Waals surface area contributed by atoms with Crippen LogP contribution in [0, 0.1) is 5.92 Å². The molecule has 0 radical (unpaired) electrons. The third-order valence-corrected chi connectivity index (χ3v) is 5.83. The molecule has 2 aliphatic rings. The number of hydrogen-bond acceptors (Lipinski definition) is 4. The van der Waals surface area contributed by atoms with Crippen molar-refractivity contribution in [2.75, 3.05) is 45.8 Å². The van der Waals surface area contributed by atoms with Gasteiger partial charge in [-0.3, -0.25) is 19.3 Å². The Morgan fingerprint density at radius 1 is 1.16 bits per heavy atom. The van der Waals surface area contributed by atoms with Gasteiger partial charge in [0.15, 0.2) is 0 Å². The van der Waals surface area contributed by atoms with E-state index in [1.807, 2.05) is 11.8 Å². The zero-order valence-corrected chi connectivity index (χ0v) is 18.2. The minimum absolute atomic E-state index is 0.0427. The molecule has 10 heteroatoms. The van der Waals surface area contributed by atoms with E-state index < -0.39 is 17.7 Å². The maximum atomic E-state index is 13.0. The van der Waals surface area contributed by atoms with Crippen LogP contribution < -0.4 is 5.32 Å². The van der Waals surface area contributed by atoms with E-state index in [2.05, 4.69) is 5.32 Å². The predicted molar refractivity (Wildman–Crippen MR) is 111 cm³/mol. The Balaban J connectivity index is 1.55. The molecule has 0 aliphatic carbocycles. The molecule has 0 bridgehead atoms. The molecule has 0 spiro atoms. The van der Waals surface area contributed by atoms with Crippen molar-refractivity contribution in [2.45, 2.75) is 32.5 Å². The number of carbonyl (C=O) groups excluding carboxylic acids is 3. The molecule has 2 fully saturated rings. The van der Waals surface area contributed by atoms with Gasteiger partial charge in [-0.25, -0.2) is 0 Å². The molecule has 1 atom stereocenters. The van der Waals surface area contributed by atoms with Gasteiger partial charge >= 0.3 is 6.18 Å². The number of nitrogens with one attached hydrogen (secondary N) is 1. The second kappa shape index (κ2) is 10.3. The number of halogens is 3. The van der Waals surface area contributed by atoms with E-state index in [4.69, 9.17) is 0 Å². The fourth-order valence-electron chi connectivity index (χ4n) is 4.22. The largest absolute Gasteiger partial charge is 0.416 e. The Morgan fingerprint density at radius 2 is 1.94 bits per heavy atom. The molecule has 2 heterocycles.